The van der Waals surface area contributed by atoms with Crippen LogP contribution in [0.25, 0.3) is 0 Å². The molecule has 1 saturated heterocycles. The zero-order valence-electron chi connectivity index (χ0n) is 10.1. The fourth-order valence-corrected chi connectivity index (χ4v) is 2.60. The van der Waals surface area contributed by atoms with Crippen LogP contribution in [0.4, 0.5) is 13.2 Å². The molecule has 0 unspecified atom stereocenters. The predicted molar refractivity (Wildman–Crippen MR) is 69.0 cm³/mol. The molecule has 19 heavy (non-hydrogen) atoms. The summed E-state index contributed by atoms with van der Waals surface area (Å²) in [6.07, 6.45) is -4.55. The van der Waals surface area contributed by atoms with Gasteiger partial charge in [-0.2, -0.15) is 13.2 Å². The number of benzene rings is 1. The van der Waals surface area contributed by atoms with E-state index in [9.17, 15) is 18.3 Å². The van der Waals surface area contributed by atoms with Crippen molar-refractivity contribution in [3.63, 3.8) is 0 Å². The van der Waals surface area contributed by atoms with E-state index < -0.39 is 17.5 Å². The van der Waals surface area contributed by atoms with Gasteiger partial charge in [-0.3, -0.25) is 4.90 Å². The molecule has 1 aliphatic heterocycles. The average molecular weight is 339 g/mol. The SMILES string of the molecule is Oc1c(Br)cc(CN2CCNCC2)cc1C(F)(F)F. The van der Waals surface area contributed by atoms with Gasteiger partial charge in [0, 0.05) is 32.7 Å². The fraction of sp³-hybridized carbons (Fsp3) is 0.500. The number of piperazine rings is 1. The minimum atomic E-state index is -4.55. The smallest absolute Gasteiger partial charge is 0.420 e. The van der Waals surface area contributed by atoms with Crippen LogP contribution in [-0.4, -0.2) is 36.2 Å². The summed E-state index contributed by atoms with van der Waals surface area (Å²) in [5, 5.41) is 12.7. The highest BCUT2D eigenvalue weighted by Gasteiger charge is 2.35. The van der Waals surface area contributed by atoms with Gasteiger partial charge in [0.15, 0.2) is 0 Å². The van der Waals surface area contributed by atoms with Crippen molar-refractivity contribution < 1.29 is 18.3 Å². The van der Waals surface area contributed by atoms with E-state index in [0.717, 1.165) is 32.2 Å². The Balaban J connectivity index is 2.23. The largest absolute Gasteiger partial charge is 0.506 e. The Bertz CT molecular complexity index is 459. The van der Waals surface area contributed by atoms with Crippen LogP contribution in [0.15, 0.2) is 16.6 Å². The second kappa shape index (κ2) is 5.68. The van der Waals surface area contributed by atoms with Gasteiger partial charge in [0.2, 0.25) is 0 Å². The minimum Gasteiger partial charge on any atom is -0.506 e. The summed E-state index contributed by atoms with van der Waals surface area (Å²) in [7, 11) is 0. The number of halogens is 4. The number of nitrogens with one attached hydrogen (secondary N) is 1. The molecule has 1 aliphatic rings. The van der Waals surface area contributed by atoms with Crippen molar-refractivity contribution in [2.75, 3.05) is 26.2 Å². The second-order valence-corrected chi connectivity index (χ2v) is 5.35. The van der Waals surface area contributed by atoms with Gasteiger partial charge in [0.25, 0.3) is 0 Å². The molecule has 0 aliphatic carbocycles. The van der Waals surface area contributed by atoms with Crippen molar-refractivity contribution in [1.82, 2.24) is 10.2 Å². The first kappa shape index (κ1) is 14.6. The van der Waals surface area contributed by atoms with Crippen LogP contribution in [-0.2, 0) is 12.7 Å². The second-order valence-electron chi connectivity index (χ2n) is 4.50. The molecule has 0 spiro atoms. The van der Waals surface area contributed by atoms with Crippen molar-refractivity contribution in [2.45, 2.75) is 12.7 Å². The minimum absolute atomic E-state index is 0.0764. The van der Waals surface area contributed by atoms with Gasteiger partial charge < -0.3 is 10.4 Å². The Kier molecular flexibility index (Phi) is 4.37. The van der Waals surface area contributed by atoms with Crippen LogP contribution in [0, 0.1) is 0 Å². The van der Waals surface area contributed by atoms with Crippen LogP contribution >= 0.6 is 15.9 Å². The molecule has 0 amide bonds. The molecule has 1 aromatic rings. The highest BCUT2D eigenvalue weighted by atomic mass is 79.9. The molecule has 0 saturated carbocycles. The summed E-state index contributed by atoms with van der Waals surface area (Å²) in [6.45, 7) is 3.74. The maximum Gasteiger partial charge on any atom is 0.420 e. The number of phenols is 1. The van der Waals surface area contributed by atoms with Gasteiger partial charge in [-0.15, -0.1) is 0 Å². The first-order chi connectivity index (χ1) is 8.88. The van der Waals surface area contributed by atoms with E-state index in [2.05, 4.69) is 26.1 Å². The van der Waals surface area contributed by atoms with Gasteiger partial charge in [-0.05, 0) is 33.6 Å². The number of alkyl halides is 3. The zero-order chi connectivity index (χ0) is 14.0. The summed E-state index contributed by atoms with van der Waals surface area (Å²) in [5.41, 5.74) is -0.453. The van der Waals surface area contributed by atoms with Gasteiger partial charge in [-0.1, -0.05) is 0 Å². The van der Waals surface area contributed by atoms with E-state index >= 15 is 0 Å². The van der Waals surface area contributed by atoms with E-state index in [1.165, 1.54) is 6.07 Å². The van der Waals surface area contributed by atoms with E-state index in [-0.39, 0.29) is 4.47 Å². The predicted octanol–water partition coefficient (Wildman–Crippen LogP) is 2.58. The Morgan fingerprint density at radius 2 is 1.89 bits per heavy atom. The standard InChI is InChI=1S/C12H14BrF3N2O/c13-10-6-8(7-18-3-1-17-2-4-18)5-9(11(10)19)12(14,15)16/h5-6,17,19H,1-4,7H2. The molecular formula is C12H14BrF3N2O. The Morgan fingerprint density at radius 1 is 1.26 bits per heavy atom. The average Bonchev–Trinajstić information content (AvgIpc) is 2.33. The zero-order valence-corrected chi connectivity index (χ0v) is 11.7. The summed E-state index contributed by atoms with van der Waals surface area (Å²) >= 11 is 2.97. The Hall–Kier alpha value is -0.790. The van der Waals surface area contributed by atoms with Crippen LogP contribution in [0.2, 0.25) is 0 Å². The lowest BCUT2D eigenvalue weighted by Gasteiger charge is -2.27. The lowest BCUT2D eigenvalue weighted by molar-refractivity contribution is -0.138. The molecule has 0 aromatic heterocycles. The summed E-state index contributed by atoms with van der Waals surface area (Å²) < 4.78 is 38.4. The third-order valence-corrected chi connectivity index (χ3v) is 3.65. The molecule has 0 radical (unpaired) electrons. The lowest BCUT2D eigenvalue weighted by Crippen LogP contribution is -2.42. The summed E-state index contributed by atoms with van der Waals surface area (Å²) in [6, 6.07) is 2.55. The van der Waals surface area contributed by atoms with Gasteiger partial charge in [0.05, 0.1) is 10.0 Å². The first-order valence-electron chi connectivity index (χ1n) is 5.89. The number of phenolic OH excluding ortho intramolecular Hbond substituents is 1. The van der Waals surface area contributed by atoms with Crippen LogP contribution in [0.3, 0.4) is 0 Å². The van der Waals surface area contributed by atoms with Gasteiger partial charge >= 0.3 is 6.18 Å². The fourth-order valence-electron chi connectivity index (χ4n) is 2.09. The number of hydrogen-bond acceptors (Lipinski definition) is 3. The third-order valence-electron chi connectivity index (χ3n) is 3.04. The highest BCUT2D eigenvalue weighted by Crippen LogP contribution is 2.40. The molecule has 7 heteroatoms. The Labute approximate surface area is 117 Å². The number of rotatable bonds is 2. The van der Waals surface area contributed by atoms with E-state index in [4.69, 9.17) is 0 Å². The van der Waals surface area contributed by atoms with Crippen molar-refractivity contribution in [3.8, 4) is 5.75 Å². The van der Waals surface area contributed by atoms with E-state index in [1.807, 2.05) is 0 Å². The summed E-state index contributed by atoms with van der Waals surface area (Å²) in [4.78, 5) is 2.08. The maximum absolute atomic E-state index is 12.8. The topological polar surface area (TPSA) is 35.5 Å². The number of hydrogen-bond donors (Lipinski definition) is 2. The monoisotopic (exact) mass is 338 g/mol. The van der Waals surface area contributed by atoms with E-state index in [1.54, 1.807) is 0 Å². The van der Waals surface area contributed by atoms with Gasteiger partial charge in [-0.25, -0.2) is 0 Å². The van der Waals surface area contributed by atoms with Crippen LogP contribution < -0.4 is 5.32 Å². The van der Waals surface area contributed by atoms with Crippen molar-refractivity contribution in [2.24, 2.45) is 0 Å². The number of nitrogens with zero attached hydrogens (tertiary/aromatic N) is 1. The van der Waals surface area contributed by atoms with E-state index in [0.29, 0.717) is 12.1 Å². The first-order valence-corrected chi connectivity index (χ1v) is 6.69. The molecule has 2 rings (SSSR count). The Morgan fingerprint density at radius 3 is 2.47 bits per heavy atom. The maximum atomic E-state index is 12.8. The molecule has 3 nitrogen and oxygen atoms in total. The number of aromatic hydroxyl groups is 1. The lowest BCUT2D eigenvalue weighted by atomic mass is 10.1. The molecule has 1 heterocycles. The van der Waals surface area contributed by atoms with Crippen molar-refractivity contribution in [3.05, 3.63) is 27.7 Å². The molecule has 106 valence electrons. The molecule has 0 bridgehead atoms. The van der Waals surface area contributed by atoms with Gasteiger partial charge in [0.1, 0.15) is 5.75 Å². The van der Waals surface area contributed by atoms with Crippen LogP contribution in [0.1, 0.15) is 11.1 Å². The molecule has 2 N–H and O–H groups in total. The van der Waals surface area contributed by atoms with Crippen molar-refractivity contribution >= 4 is 15.9 Å². The molecule has 1 fully saturated rings. The molecular weight excluding hydrogens is 325 g/mol. The normalized spacial score (nSPS) is 17.7. The highest BCUT2D eigenvalue weighted by molar-refractivity contribution is 9.10. The third kappa shape index (κ3) is 3.61. The van der Waals surface area contributed by atoms with Crippen molar-refractivity contribution in [1.29, 1.82) is 0 Å². The molecule has 1 aromatic carbocycles. The van der Waals surface area contributed by atoms with Crippen LogP contribution in [0.5, 0.6) is 5.75 Å². The summed E-state index contributed by atoms with van der Waals surface area (Å²) in [5.74, 6) is -0.753. The molecule has 0 atom stereocenters. The quantitative estimate of drug-likeness (QED) is 0.870.